The molecule has 0 radical (unpaired) electrons. The summed E-state index contributed by atoms with van der Waals surface area (Å²) in [7, 11) is 1.47. The Kier molecular flexibility index (Phi) is 6.62. The predicted octanol–water partition coefficient (Wildman–Crippen LogP) is 3.50. The minimum absolute atomic E-state index is 0.0515. The van der Waals surface area contributed by atoms with Gasteiger partial charge in [-0.15, -0.1) is 0 Å². The summed E-state index contributed by atoms with van der Waals surface area (Å²) < 4.78 is 10.3. The van der Waals surface area contributed by atoms with E-state index in [1.807, 2.05) is 32.0 Å². The first kappa shape index (κ1) is 21.6. The van der Waals surface area contributed by atoms with Crippen molar-refractivity contribution in [1.29, 1.82) is 0 Å². The van der Waals surface area contributed by atoms with E-state index in [-0.39, 0.29) is 18.9 Å². The zero-order valence-corrected chi connectivity index (χ0v) is 17.8. The quantitative estimate of drug-likeness (QED) is 0.709. The minimum atomic E-state index is -0.619. The molecule has 0 spiro atoms. The molecule has 1 fully saturated rings. The Morgan fingerprint density at radius 3 is 2.67 bits per heavy atom. The molecule has 7 nitrogen and oxygen atoms in total. The van der Waals surface area contributed by atoms with E-state index in [4.69, 9.17) is 21.1 Å². The van der Waals surface area contributed by atoms with Gasteiger partial charge in [-0.25, -0.2) is 0 Å². The number of nitrogens with zero attached hydrogens (tertiary/aromatic N) is 1. The second-order valence-electron chi connectivity index (χ2n) is 7.20. The van der Waals surface area contributed by atoms with Gasteiger partial charge in [0.05, 0.1) is 18.7 Å². The number of anilines is 2. The normalized spacial score (nSPS) is 15.8. The summed E-state index contributed by atoms with van der Waals surface area (Å²) in [6, 6.07) is 10.6. The Hall–Kier alpha value is -3.06. The van der Waals surface area contributed by atoms with Gasteiger partial charge in [0.2, 0.25) is 5.91 Å². The smallest absolute Gasteiger partial charge is 0.311 e. The Morgan fingerprint density at radius 1 is 1.20 bits per heavy atom. The largest absolute Gasteiger partial charge is 0.495 e. The summed E-state index contributed by atoms with van der Waals surface area (Å²) in [4.78, 5) is 38.6. The lowest BCUT2D eigenvalue weighted by Crippen LogP contribution is -2.28. The van der Waals surface area contributed by atoms with Crippen molar-refractivity contribution in [2.24, 2.45) is 5.92 Å². The van der Waals surface area contributed by atoms with Gasteiger partial charge in [0.1, 0.15) is 5.75 Å². The fraction of sp³-hybridized carbons (Fsp3) is 0.318. The highest BCUT2D eigenvalue weighted by atomic mass is 35.5. The van der Waals surface area contributed by atoms with Gasteiger partial charge in [-0.05, 0) is 43.7 Å². The Balaban J connectivity index is 1.57. The highest BCUT2D eigenvalue weighted by molar-refractivity contribution is 6.31. The van der Waals surface area contributed by atoms with Gasteiger partial charge in [-0.1, -0.05) is 29.3 Å². The zero-order chi connectivity index (χ0) is 21.8. The molecule has 0 aromatic heterocycles. The van der Waals surface area contributed by atoms with Crippen molar-refractivity contribution in [2.45, 2.75) is 20.3 Å². The fourth-order valence-corrected chi connectivity index (χ4v) is 3.60. The maximum Gasteiger partial charge on any atom is 0.311 e. The first-order chi connectivity index (χ1) is 14.3. The van der Waals surface area contributed by atoms with Gasteiger partial charge in [0.25, 0.3) is 5.91 Å². The molecule has 1 N–H and O–H groups in total. The van der Waals surface area contributed by atoms with Crippen LogP contribution in [0, 0.1) is 19.8 Å². The molecule has 3 rings (SSSR count). The SMILES string of the molecule is COc1ccc(Cl)cc1NC(=O)COC(=O)[C@@H]1CC(=O)N(c2ccc(C)cc2C)C1. The van der Waals surface area contributed by atoms with Crippen LogP contribution in [0.15, 0.2) is 36.4 Å². The number of hydrogen-bond donors (Lipinski definition) is 1. The summed E-state index contributed by atoms with van der Waals surface area (Å²) in [5.41, 5.74) is 3.23. The van der Waals surface area contributed by atoms with E-state index < -0.39 is 24.4 Å². The molecule has 1 saturated heterocycles. The van der Waals surface area contributed by atoms with Crippen LogP contribution in [0.5, 0.6) is 5.75 Å². The van der Waals surface area contributed by atoms with Crippen molar-refractivity contribution >= 4 is 40.8 Å². The maximum atomic E-state index is 12.4. The van der Waals surface area contributed by atoms with Crippen LogP contribution in [-0.4, -0.2) is 38.0 Å². The minimum Gasteiger partial charge on any atom is -0.495 e. The number of nitrogens with one attached hydrogen (secondary N) is 1. The second-order valence-corrected chi connectivity index (χ2v) is 7.63. The van der Waals surface area contributed by atoms with Crippen LogP contribution in [0.2, 0.25) is 5.02 Å². The summed E-state index contributed by atoms with van der Waals surface area (Å²) in [5, 5.41) is 3.03. The molecule has 1 heterocycles. The van der Waals surface area contributed by atoms with Crippen LogP contribution < -0.4 is 15.0 Å². The molecule has 2 aromatic carbocycles. The van der Waals surface area contributed by atoms with E-state index in [9.17, 15) is 14.4 Å². The predicted molar refractivity (Wildman–Crippen MR) is 114 cm³/mol. The van der Waals surface area contributed by atoms with Gasteiger partial charge >= 0.3 is 5.97 Å². The number of hydrogen-bond acceptors (Lipinski definition) is 5. The summed E-state index contributed by atoms with van der Waals surface area (Å²) in [5.74, 6) is -1.43. The van der Waals surface area contributed by atoms with Crippen LogP contribution in [0.4, 0.5) is 11.4 Å². The standard InChI is InChI=1S/C22H23ClN2O5/c1-13-4-6-18(14(2)8-13)25-11-15(9-21(25)27)22(28)30-12-20(26)24-17-10-16(23)5-7-19(17)29-3/h4-8,10,15H,9,11-12H2,1-3H3,(H,24,26)/t15-/m1/s1. The molecular formula is C22H23ClN2O5. The Morgan fingerprint density at radius 2 is 1.97 bits per heavy atom. The summed E-state index contributed by atoms with van der Waals surface area (Å²) >= 11 is 5.94. The van der Waals surface area contributed by atoms with Crippen LogP contribution in [-0.2, 0) is 19.1 Å². The Labute approximate surface area is 179 Å². The molecule has 0 unspecified atom stereocenters. The zero-order valence-electron chi connectivity index (χ0n) is 17.0. The van der Waals surface area contributed by atoms with Crippen molar-refractivity contribution in [1.82, 2.24) is 0 Å². The number of esters is 1. The maximum absolute atomic E-state index is 12.4. The molecule has 1 atom stereocenters. The van der Waals surface area contributed by atoms with Crippen LogP contribution in [0.25, 0.3) is 0 Å². The number of methoxy groups -OCH3 is 1. The monoisotopic (exact) mass is 430 g/mol. The van der Waals surface area contributed by atoms with Gasteiger partial charge in [0, 0.05) is 23.7 Å². The number of carbonyl (C=O) groups is 3. The lowest BCUT2D eigenvalue weighted by atomic mass is 10.1. The van der Waals surface area contributed by atoms with Gasteiger partial charge in [-0.3, -0.25) is 14.4 Å². The highest BCUT2D eigenvalue weighted by Crippen LogP contribution is 2.29. The average molecular weight is 431 g/mol. The second kappa shape index (κ2) is 9.17. The van der Waals surface area contributed by atoms with Crippen molar-refractivity contribution < 1.29 is 23.9 Å². The number of aryl methyl sites for hydroxylation is 2. The molecule has 2 amide bonds. The third-order valence-electron chi connectivity index (χ3n) is 4.88. The highest BCUT2D eigenvalue weighted by Gasteiger charge is 2.36. The van der Waals surface area contributed by atoms with Gasteiger partial charge in [-0.2, -0.15) is 0 Å². The molecule has 0 aliphatic carbocycles. The van der Waals surface area contributed by atoms with Crippen molar-refractivity contribution in [2.75, 3.05) is 30.5 Å². The topological polar surface area (TPSA) is 84.9 Å². The van der Waals surface area contributed by atoms with Gasteiger partial charge in [0.15, 0.2) is 6.61 Å². The molecular weight excluding hydrogens is 408 g/mol. The fourth-order valence-electron chi connectivity index (χ4n) is 3.43. The molecule has 1 aliphatic heterocycles. The lowest BCUT2D eigenvalue weighted by molar-refractivity contribution is -0.151. The number of rotatable bonds is 6. The third kappa shape index (κ3) is 4.91. The van der Waals surface area contributed by atoms with E-state index in [1.54, 1.807) is 17.0 Å². The van der Waals surface area contributed by atoms with E-state index in [0.717, 1.165) is 16.8 Å². The van der Waals surface area contributed by atoms with E-state index in [2.05, 4.69) is 5.32 Å². The first-order valence-electron chi connectivity index (χ1n) is 9.46. The molecule has 0 bridgehead atoms. The first-order valence-corrected chi connectivity index (χ1v) is 9.84. The van der Waals surface area contributed by atoms with Crippen molar-refractivity contribution in [3.8, 4) is 5.75 Å². The number of amides is 2. The van der Waals surface area contributed by atoms with Crippen molar-refractivity contribution in [3.63, 3.8) is 0 Å². The molecule has 30 heavy (non-hydrogen) atoms. The number of carbonyl (C=O) groups excluding carboxylic acids is 3. The van der Waals surface area contributed by atoms with E-state index in [0.29, 0.717) is 16.5 Å². The summed E-state index contributed by atoms with van der Waals surface area (Å²) in [6.07, 6.45) is 0.0515. The Bertz CT molecular complexity index is 991. The number of ether oxygens (including phenoxy) is 2. The molecule has 158 valence electrons. The number of benzene rings is 2. The van der Waals surface area contributed by atoms with E-state index in [1.165, 1.54) is 13.2 Å². The summed E-state index contributed by atoms with van der Waals surface area (Å²) in [6.45, 7) is 3.66. The average Bonchev–Trinajstić information content (AvgIpc) is 3.08. The van der Waals surface area contributed by atoms with E-state index >= 15 is 0 Å². The molecule has 8 heteroatoms. The molecule has 0 saturated carbocycles. The van der Waals surface area contributed by atoms with Crippen LogP contribution >= 0.6 is 11.6 Å². The van der Waals surface area contributed by atoms with Gasteiger partial charge < -0.3 is 19.7 Å². The van der Waals surface area contributed by atoms with Crippen LogP contribution in [0.3, 0.4) is 0 Å². The molecule has 2 aromatic rings. The molecule has 1 aliphatic rings. The third-order valence-corrected chi connectivity index (χ3v) is 5.12. The van der Waals surface area contributed by atoms with Crippen LogP contribution in [0.1, 0.15) is 17.5 Å². The number of halogens is 1. The lowest BCUT2D eigenvalue weighted by Gasteiger charge is -2.19. The van der Waals surface area contributed by atoms with Crippen molar-refractivity contribution in [3.05, 3.63) is 52.5 Å².